The summed E-state index contributed by atoms with van der Waals surface area (Å²) < 4.78 is 1.24. The maximum Gasteiger partial charge on any atom is 0.325 e. The van der Waals surface area contributed by atoms with Gasteiger partial charge in [0.2, 0.25) is 5.91 Å². The second kappa shape index (κ2) is 5.86. The van der Waals surface area contributed by atoms with Crippen LogP contribution in [0.4, 0.5) is 5.69 Å². The fourth-order valence-electron chi connectivity index (χ4n) is 1.14. The van der Waals surface area contributed by atoms with Gasteiger partial charge in [0.1, 0.15) is 6.54 Å². The lowest BCUT2D eigenvalue weighted by molar-refractivity contribution is -0.137. The lowest BCUT2D eigenvalue weighted by Crippen LogP contribution is -2.13. The van der Waals surface area contributed by atoms with Crippen molar-refractivity contribution in [2.45, 2.75) is 19.4 Å². The van der Waals surface area contributed by atoms with Gasteiger partial charge in [-0.15, -0.1) is 0 Å². The largest absolute Gasteiger partial charge is 0.480 e. The minimum Gasteiger partial charge on any atom is -0.480 e. The van der Waals surface area contributed by atoms with E-state index in [0.29, 0.717) is 25.1 Å². The average Bonchev–Trinajstić information content (AvgIpc) is 2.61. The van der Waals surface area contributed by atoms with Crippen molar-refractivity contribution < 1.29 is 14.7 Å². The molecule has 88 valence electrons. The van der Waals surface area contributed by atoms with E-state index in [9.17, 15) is 9.59 Å². The monoisotopic (exact) mass is 226 g/mol. The second-order valence-electron chi connectivity index (χ2n) is 3.26. The average molecular weight is 226 g/mol. The molecule has 0 aromatic carbocycles. The van der Waals surface area contributed by atoms with Crippen molar-refractivity contribution in [1.82, 2.24) is 9.78 Å². The molecule has 0 aliphatic carbocycles. The van der Waals surface area contributed by atoms with E-state index in [2.05, 4.69) is 10.4 Å². The van der Waals surface area contributed by atoms with Gasteiger partial charge in [0.15, 0.2) is 0 Å². The minimum atomic E-state index is -0.982. The van der Waals surface area contributed by atoms with Crippen molar-refractivity contribution in [3.05, 3.63) is 12.4 Å². The van der Waals surface area contributed by atoms with Crippen LogP contribution in [0.25, 0.3) is 0 Å². The third-order valence-electron chi connectivity index (χ3n) is 1.82. The third-order valence-corrected chi connectivity index (χ3v) is 1.82. The summed E-state index contributed by atoms with van der Waals surface area (Å²) in [4.78, 5) is 21.7. The Bertz CT molecular complexity index is 375. The number of aliphatic carboxylic acids is 1. The molecule has 0 fully saturated rings. The molecule has 1 aromatic heterocycles. The normalized spacial score (nSPS) is 10.1. The first-order chi connectivity index (χ1) is 7.61. The molecule has 7 heteroatoms. The molecule has 1 amide bonds. The topological polar surface area (TPSA) is 110 Å². The van der Waals surface area contributed by atoms with E-state index in [1.165, 1.54) is 17.1 Å². The summed E-state index contributed by atoms with van der Waals surface area (Å²) in [5.41, 5.74) is 5.76. The molecule has 0 atom stereocenters. The summed E-state index contributed by atoms with van der Waals surface area (Å²) in [7, 11) is 0. The Hall–Kier alpha value is -1.89. The number of rotatable bonds is 6. The third kappa shape index (κ3) is 4.09. The van der Waals surface area contributed by atoms with Gasteiger partial charge in [-0.3, -0.25) is 14.3 Å². The number of amides is 1. The molecular formula is C9H14N4O3. The zero-order chi connectivity index (χ0) is 12.0. The van der Waals surface area contributed by atoms with Gasteiger partial charge in [-0.25, -0.2) is 0 Å². The molecule has 1 aromatic rings. The van der Waals surface area contributed by atoms with Gasteiger partial charge in [-0.2, -0.15) is 5.10 Å². The maximum absolute atomic E-state index is 11.3. The number of nitrogens with zero attached hydrogens (tertiary/aromatic N) is 2. The van der Waals surface area contributed by atoms with Crippen LogP contribution < -0.4 is 11.1 Å². The zero-order valence-electron chi connectivity index (χ0n) is 8.72. The summed E-state index contributed by atoms with van der Waals surface area (Å²) in [5.74, 6) is -1.13. The van der Waals surface area contributed by atoms with Gasteiger partial charge in [0, 0.05) is 12.6 Å². The molecule has 0 radical (unpaired) electrons. The van der Waals surface area contributed by atoms with Crippen LogP contribution in [0.1, 0.15) is 12.8 Å². The molecule has 16 heavy (non-hydrogen) atoms. The zero-order valence-corrected chi connectivity index (χ0v) is 8.72. The second-order valence-corrected chi connectivity index (χ2v) is 3.26. The molecule has 0 aliphatic rings. The highest BCUT2D eigenvalue weighted by atomic mass is 16.4. The Balaban J connectivity index is 2.45. The van der Waals surface area contributed by atoms with Crippen molar-refractivity contribution in [3.8, 4) is 0 Å². The SMILES string of the molecule is NCCCC(=O)Nc1cnn(CC(=O)O)c1. The molecule has 0 bridgehead atoms. The number of carboxylic acids is 1. The fraction of sp³-hybridized carbons (Fsp3) is 0.444. The van der Waals surface area contributed by atoms with Gasteiger partial charge in [0.05, 0.1) is 11.9 Å². The molecule has 0 unspecified atom stereocenters. The Labute approximate surface area is 92.2 Å². The van der Waals surface area contributed by atoms with Crippen LogP contribution in [-0.2, 0) is 16.1 Å². The van der Waals surface area contributed by atoms with Gasteiger partial charge >= 0.3 is 5.97 Å². The molecule has 1 heterocycles. The first-order valence-electron chi connectivity index (χ1n) is 4.86. The van der Waals surface area contributed by atoms with Gasteiger partial charge in [0.25, 0.3) is 0 Å². The number of hydrogen-bond acceptors (Lipinski definition) is 4. The molecule has 0 spiro atoms. The van der Waals surface area contributed by atoms with Crippen LogP contribution >= 0.6 is 0 Å². The molecular weight excluding hydrogens is 212 g/mol. The summed E-state index contributed by atoms with van der Waals surface area (Å²) in [6, 6.07) is 0. The fourth-order valence-corrected chi connectivity index (χ4v) is 1.14. The summed E-state index contributed by atoms with van der Waals surface area (Å²) >= 11 is 0. The molecule has 1 rings (SSSR count). The number of carbonyl (C=O) groups excluding carboxylic acids is 1. The van der Waals surface area contributed by atoms with E-state index in [0.717, 1.165) is 0 Å². The van der Waals surface area contributed by atoms with E-state index >= 15 is 0 Å². The van der Waals surface area contributed by atoms with Gasteiger partial charge in [-0.1, -0.05) is 0 Å². The Morgan fingerprint density at radius 3 is 2.94 bits per heavy atom. The minimum absolute atomic E-state index is 0.152. The van der Waals surface area contributed by atoms with E-state index in [-0.39, 0.29) is 12.5 Å². The lowest BCUT2D eigenvalue weighted by atomic mass is 10.3. The van der Waals surface area contributed by atoms with Crippen molar-refractivity contribution in [2.75, 3.05) is 11.9 Å². The highest BCUT2D eigenvalue weighted by Crippen LogP contribution is 2.05. The van der Waals surface area contributed by atoms with Crippen molar-refractivity contribution in [2.24, 2.45) is 5.73 Å². The number of nitrogens with one attached hydrogen (secondary N) is 1. The summed E-state index contributed by atoms with van der Waals surface area (Å²) in [5, 5.41) is 14.9. The lowest BCUT2D eigenvalue weighted by Gasteiger charge is -2.00. The van der Waals surface area contributed by atoms with Crippen LogP contribution in [0.2, 0.25) is 0 Å². The number of aromatic nitrogens is 2. The number of nitrogens with two attached hydrogens (primary N) is 1. The summed E-state index contributed by atoms with van der Waals surface area (Å²) in [6.07, 6.45) is 3.84. The van der Waals surface area contributed by atoms with Crippen molar-refractivity contribution in [1.29, 1.82) is 0 Å². The van der Waals surface area contributed by atoms with Gasteiger partial charge < -0.3 is 16.2 Å². The quantitative estimate of drug-likeness (QED) is 0.613. The summed E-state index contributed by atoms with van der Waals surface area (Å²) in [6.45, 7) is 0.240. The van der Waals surface area contributed by atoms with Crippen LogP contribution in [0.15, 0.2) is 12.4 Å². The number of anilines is 1. The van der Waals surface area contributed by atoms with E-state index in [4.69, 9.17) is 10.8 Å². The molecule has 4 N–H and O–H groups in total. The first kappa shape index (κ1) is 12.2. The number of hydrogen-bond donors (Lipinski definition) is 3. The Kier molecular flexibility index (Phi) is 4.46. The van der Waals surface area contributed by atoms with Crippen molar-refractivity contribution >= 4 is 17.6 Å². The van der Waals surface area contributed by atoms with E-state index < -0.39 is 5.97 Å². The predicted molar refractivity (Wildman–Crippen MR) is 56.8 cm³/mol. The van der Waals surface area contributed by atoms with Crippen molar-refractivity contribution in [3.63, 3.8) is 0 Å². The van der Waals surface area contributed by atoms with Crippen LogP contribution in [0.5, 0.6) is 0 Å². The highest BCUT2D eigenvalue weighted by Gasteiger charge is 2.05. The first-order valence-corrected chi connectivity index (χ1v) is 4.86. The maximum atomic E-state index is 11.3. The van der Waals surface area contributed by atoms with Crippen LogP contribution in [-0.4, -0.2) is 33.3 Å². The molecule has 0 saturated carbocycles. The van der Waals surface area contributed by atoms with E-state index in [1.54, 1.807) is 0 Å². The van der Waals surface area contributed by atoms with Crippen LogP contribution in [0.3, 0.4) is 0 Å². The van der Waals surface area contributed by atoms with Crippen LogP contribution in [0, 0.1) is 0 Å². The standard InChI is InChI=1S/C9H14N4O3/c10-3-1-2-8(14)12-7-4-11-13(5-7)6-9(15)16/h4-5H,1-3,6,10H2,(H,12,14)(H,15,16). The van der Waals surface area contributed by atoms with Gasteiger partial charge in [-0.05, 0) is 13.0 Å². The Morgan fingerprint density at radius 1 is 1.56 bits per heavy atom. The predicted octanol–water partition coefficient (Wildman–Crippen LogP) is -0.355. The molecule has 0 saturated heterocycles. The number of carboxylic acid groups (broad SMARTS) is 1. The smallest absolute Gasteiger partial charge is 0.325 e. The highest BCUT2D eigenvalue weighted by molar-refractivity contribution is 5.90. The molecule has 0 aliphatic heterocycles. The van der Waals surface area contributed by atoms with E-state index in [1.807, 2.05) is 0 Å². The number of carbonyl (C=O) groups is 2. The molecule has 7 nitrogen and oxygen atoms in total. The Morgan fingerprint density at radius 2 is 2.31 bits per heavy atom.